The molecule has 1 heterocycles. The van der Waals surface area contributed by atoms with Crippen molar-refractivity contribution < 1.29 is 0 Å². The molecule has 0 saturated heterocycles. The Kier molecular flexibility index (Phi) is 4.30. The molecule has 22 heavy (non-hydrogen) atoms. The van der Waals surface area contributed by atoms with E-state index < -0.39 is 0 Å². The Labute approximate surface area is 130 Å². The molecule has 0 unspecified atom stereocenters. The Bertz CT molecular complexity index is 753. The molecule has 0 spiro atoms. The van der Waals surface area contributed by atoms with E-state index in [1.165, 1.54) is 0 Å². The molecule has 3 rings (SSSR count). The minimum absolute atomic E-state index is 0.844. The SMILES string of the molecule is CN(C)CCNc1nnc(-c2ccccc2)c2ccccc12. The fourth-order valence-corrected chi connectivity index (χ4v) is 2.44. The van der Waals surface area contributed by atoms with Crippen LogP contribution in [0.25, 0.3) is 22.0 Å². The van der Waals surface area contributed by atoms with Gasteiger partial charge in [-0.15, -0.1) is 10.2 Å². The first-order valence-corrected chi connectivity index (χ1v) is 7.45. The maximum atomic E-state index is 4.45. The number of benzene rings is 2. The fourth-order valence-electron chi connectivity index (χ4n) is 2.44. The molecule has 1 N–H and O–H groups in total. The molecule has 4 nitrogen and oxygen atoms in total. The van der Waals surface area contributed by atoms with Gasteiger partial charge in [0.1, 0.15) is 5.69 Å². The minimum atomic E-state index is 0.844. The quantitative estimate of drug-likeness (QED) is 0.783. The summed E-state index contributed by atoms with van der Waals surface area (Å²) >= 11 is 0. The van der Waals surface area contributed by atoms with Crippen LogP contribution in [0.15, 0.2) is 54.6 Å². The summed E-state index contributed by atoms with van der Waals surface area (Å²) in [6, 6.07) is 18.5. The predicted molar refractivity (Wildman–Crippen MR) is 92.0 cm³/mol. The summed E-state index contributed by atoms with van der Waals surface area (Å²) in [5, 5.41) is 14.5. The van der Waals surface area contributed by atoms with Crippen molar-refractivity contribution in [3.63, 3.8) is 0 Å². The molecular weight excluding hydrogens is 272 g/mol. The van der Waals surface area contributed by atoms with Gasteiger partial charge in [0.2, 0.25) is 0 Å². The molecule has 3 aromatic rings. The first-order chi connectivity index (χ1) is 10.8. The van der Waals surface area contributed by atoms with Crippen molar-refractivity contribution in [3.8, 4) is 11.3 Å². The zero-order valence-corrected chi connectivity index (χ0v) is 13.0. The van der Waals surface area contributed by atoms with Crippen LogP contribution in [0.4, 0.5) is 5.82 Å². The lowest BCUT2D eigenvalue weighted by Crippen LogP contribution is -2.21. The second kappa shape index (κ2) is 6.54. The topological polar surface area (TPSA) is 41.0 Å². The maximum absolute atomic E-state index is 4.45. The highest BCUT2D eigenvalue weighted by atomic mass is 15.2. The van der Waals surface area contributed by atoms with Crippen LogP contribution in [0, 0.1) is 0 Å². The van der Waals surface area contributed by atoms with Crippen molar-refractivity contribution >= 4 is 16.6 Å². The summed E-state index contributed by atoms with van der Waals surface area (Å²) in [5.74, 6) is 0.845. The lowest BCUT2D eigenvalue weighted by Gasteiger charge is -2.13. The molecule has 0 radical (unpaired) electrons. The van der Waals surface area contributed by atoms with Crippen LogP contribution in [-0.2, 0) is 0 Å². The number of likely N-dealkylation sites (N-methyl/N-ethyl adjacent to an activating group) is 1. The summed E-state index contributed by atoms with van der Waals surface area (Å²) in [7, 11) is 4.12. The molecule has 0 atom stereocenters. The number of fused-ring (bicyclic) bond motifs is 1. The Morgan fingerprint density at radius 1 is 0.864 bits per heavy atom. The third-order valence-electron chi connectivity index (χ3n) is 3.59. The number of nitrogens with one attached hydrogen (secondary N) is 1. The lowest BCUT2D eigenvalue weighted by molar-refractivity contribution is 0.425. The van der Waals surface area contributed by atoms with Crippen molar-refractivity contribution in [3.05, 3.63) is 54.6 Å². The third kappa shape index (κ3) is 3.07. The molecule has 112 valence electrons. The zero-order valence-electron chi connectivity index (χ0n) is 13.0. The van der Waals surface area contributed by atoms with Crippen molar-refractivity contribution in [2.45, 2.75) is 0 Å². The van der Waals surface area contributed by atoms with Crippen LogP contribution in [0.1, 0.15) is 0 Å². The highest BCUT2D eigenvalue weighted by molar-refractivity contribution is 5.99. The van der Waals surface area contributed by atoms with E-state index >= 15 is 0 Å². The second-order valence-electron chi connectivity index (χ2n) is 5.54. The number of aromatic nitrogens is 2. The molecule has 0 aliphatic rings. The molecule has 0 amide bonds. The van der Waals surface area contributed by atoms with Gasteiger partial charge in [-0.1, -0.05) is 54.6 Å². The highest BCUT2D eigenvalue weighted by Crippen LogP contribution is 2.29. The average Bonchev–Trinajstić information content (AvgIpc) is 2.55. The normalized spacial score (nSPS) is 11.0. The van der Waals surface area contributed by atoms with Crippen molar-refractivity contribution in [2.24, 2.45) is 0 Å². The van der Waals surface area contributed by atoms with Crippen LogP contribution in [0.2, 0.25) is 0 Å². The largest absolute Gasteiger partial charge is 0.367 e. The molecule has 2 aromatic carbocycles. The summed E-state index contributed by atoms with van der Waals surface area (Å²) in [6.07, 6.45) is 0. The van der Waals surface area contributed by atoms with Gasteiger partial charge in [0, 0.05) is 29.4 Å². The molecule has 0 bridgehead atoms. The van der Waals surface area contributed by atoms with E-state index in [0.717, 1.165) is 40.9 Å². The van der Waals surface area contributed by atoms with Crippen LogP contribution < -0.4 is 5.32 Å². The van der Waals surface area contributed by atoms with Crippen LogP contribution in [-0.4, -0.2) is 42.3 Å². The van der Waals surface area contributed by atoms with Gasteiger partial charge in [-0.05, 0) is 14.1 Å². The molecule has 1 aromatic heterocycles. The van der Waals surface area contributed by atoms with E-state index in [0.29, 0.717) is 0 Å². The van der Waals surface area contributed by atoms with E-state index in [4.69, 9.17) is 0 Å². The predicted octanol–water partition coefficient (Wildman–Crippen LogP) is 3.27. The fraction of sp³-hybridized carbons (Fsp3) is 0.222. The summed E-state index contributed by atoms with van der Waals surface area (Å²) in [4.78, 5) is 2.14. The van der Waals surface area contributed by atoms with Gasteiger partial charge >= 0.3 is 0 Å². The van der Waals surface area contributed by atoms with Gasteiger partial charge in [0.05, 0.1) is 0 Å². The average molecular weight is 292 g/mol. The minimum Gasteiger partial charge on any atom is -0.367 e. The number of hydrogen-bond donors (Lipinski definition) is 1. The summed E-state index contributed by atoms with van der Waals surface area (Å²) < 4.78 is 0. The third-order valence-corrected chi connectivity index (χ3v) is 3.59. The van der Waals surface area contributed by atoms with E-state index in [9.17, 15) is 0 Å². The maximum Gasteiger partial charge on any atom is 0.156 e. The molecule has 0 saturated carbocycles. The molecule has 0 fully saturated rings. The Hall–Kier alpha value is -2.46. The molecule has 0 aliphatic carbocycles. The van der Waals surface area contributed by atoms with Crippen LogP contribution in [0.3, 0.4) is 0 Å². The van der Waals surface area contributed by atoms with E-state index in [2.05, 4.69) is 58.8 Å². The number of hydrogen-bond acceptors (Lipinski definition) is 4. The zero-order chi connectivity index (χ0) is 15.4. The van der Waals surface area contributed by atoms with Gasteiger partial charge < -0.3 is 10.2 Å². The second-order valence-corrected chi connectivity index (χ2v) is 5.54. The lowest BCUT2D eigenvalue weighted by atomic mass is 10.0. The van der Waals surface area contributed by atoms with Gasteiger partial charge in [-0.25, -0.2) is 0 Å². The molecule has 0 aliphatic heterocycles. The molecular formula is C18H20N4. The Morgan fingerprint density at radius 2 is 1.55 bits per heavy atom. The Balaban J connectivity index is 2.00. The van der Waals surface area contributed by atoms with E-state index in [-0.39, 0.29) is 0 Å². The van der Waals surface area contributed by atoms with Crippen LogP contribution >= 0.6 is 0 Å². The number of anilines is 1. The number of rotatable bonds is 5. The van der Waals surface area contributed by atoms with Gasteiger partial charge in [-0.3, -0.25) is 0 Å². The highest BCUT2D eigenvalue weighted by Gasteiger charge is 2.10. The van der Waals surface area contributed by atoms with Crippen molar-refractivity contribution in [1.29, 1.82) is 0 Å². The van der Waals surface area contributed by atoms with Crippen molar-refractivity contribution in [2.75, 3.05) is 32.5 Å². The van der Waals surface area contributed by atoms with E-state index in [1.807, 2.05) is 30.3 Å². The van der Waals surface area contributed by atoms with Crippen LogP contribution in [0.5, 0.6) is 0 Å². The standard InChI is InChI=1S/C18H20N4/c1-22(2)13-12-19-18-16-11-7-6-10-15(16)17(20-21-18)14-8-4-3-5-9-14/h3-11H,12-13H2,1-2H3,(H,19,21). The van der Waals surface area contributed by atoms with E-state index in [1.54, 1.807) is 0 Å². The van der Waals surface area contributed by atoms with Gasteiger partial charge in [0.15, 0.2) is 5.82 Å². The smallest absolute Gasteiger partial charge is 0.156 e. The first kappa shape index (κ1) is 14.5. The summed E-state index contributed by atoms with van der Waals surface area (Å²) in [6.45, 7) is 1.80. The van der Waals surface area contributed by atoms with Gasteiger partial charge in [-0.2, -0.15) is 0 Å². The first-order valence-electron chi connectivity index (χ1n) is 7.45. The molecule has 4 heteroatoms. The van der Waals surface area contributed by atoms with Crippen molar-refractivity contribution in [1.82, 2.24) is 15.1 Å². The summed E-state index contributed by atoms with van der Waals surface area (Å²) in [5.41, 5.74) is 2.01. The monoisotopic (exact) mass is 292 g/mol. The number of nitrogens with zero attached hydrogens (tertiary/aromatic N) is 3. The Morgan fingerprint density at radius 3 is 2.27 bits per heavy atom. The van der Waals surface area contributed by atoms with Gasteiger partial charge in [0.25, 0.3) is 0 Å².